The van der Waals surface area contributed by atoms with Gasteiger partial charge >= 0.3 is 0 Å². The molecule has 17 heavy (non-hydrogen) atoms. The molecule has 1 aromatic carbocycles. The van der Waals surface area contributed by atoms with Crippen molar-refractivity contribution in [1.82, 2.24) is 5.01 Å². The number of halogens is 2. The van der Waals surface area contributed by atoms with E-state index in [4.69, 9.17) is 28.9 Å². The lowest BCUT2D eigenvalue weighted by Gasteiger charge is -2.19. The zero-order valence-corrected chi connectivity index (χ0v) is 11.2. The van der Waals surface area contributed by atoms with E-state index in [2.05, 4.69) is 5.10 Å². The summed E-state index contributed by atoms with van der Waals surface area (Å²) < 4.78 is 0. The van der Waals surface area contributed by atoms with Crippen LogP contribution in [0.3, 0.4) is 0 Å². The Hall–Kier alpha value is -0.770. The van der Waals surface area contributed by atoms with Crippen LogP contribution in [0.1, 0.15) is 24.4 Å². The van der Waals surface area contributed by atoms with Crippen molar-refractivity contribution in [2.75, 3.05) is 13.6 Å². The first-order chi connectivity index (χ1) is 8.11. The van der Waals surface area contributed by atoms with Gasteiger partial charge in [0.1, 0.15) is 0 Å². The Morgan fingerprint density at radius 1 is 1.41 bits per heavy atom. The maximum Gasteiger partial charge on any atom is 0.0769 e. The molecule has 0 fully saturated rings. The predicted molar refractivity (Wildman–Crippen MR) is 72.7 cm³/mol. The Labute approximate surface area is 111 Å². The molecule has 2 rings (SSSR count). The molecule has 2 N–H and O–H groups in total. The van der Waals surface area contributed by atoms with Crippen molar-refractivity contribution in [3.63, 3.8) is 0 Å². The standard InChI is InChI=1S/C12H15Cl2N3/c1-17-12(7-9(16-17)4-5-15)8-2-3-10(13)11(14)6-8/h2-3,6,12H,4-5,7,15H2,1H3. The third-order valence-corrected chi connectivity index (χ3v) is 3.68. The third kappa shape index (κ3) is 2.73. The molecule has 0 saturated heterocycles. The topological polar surface area (TPSA) is 41.6 Å². The van der Waals surface area contributed by atoms with Gasteiger partial charge in [0.25, 0.3) is 0 Å². The molecule has 0 spiro atoms. The summed E-state index contributed by atoms with van der Waals surface area (Å²) in [6, 6.07) is 5.97. The molecule has 1 aliphatic heterocycles. The minimum atomic E-state index is 0.242. The van der Waals surface area contributed by atoms with E-state index in [1.54, 1.807) is 0 Å². The average Bonchev–Trinajstić information content (AvgIpc) is 2.64. The second kappa shape index (κ2) is 5.25. The summed E-state index contributed by atoms with van der Waals surface area (Å²) in [5.41, 5.74) is 7.83. The van der Waals surface area contributed by atoms with Crippen molar-refractivity contribution in [1.29, 1.82) is 0 Å². The predicted octanol–water partition coefficient (Wildman–Crippen LogP) is 3.07. The van der Waals surface area contributed by atoms with E-state index in [1.807, 2.05) is 30.3 Å². The van der Waals surface area contributed by atoms with Gasteiger partial charge in [-0.05, 0) is 30.7 Å². The van der Waals surface area contributed by atoms with Crippen molar-refractivity contribution in [2.24, 2.45) is 10.8 Å². The fraction of sp³-hybridized carbons (Fsp3) is 0.417. The molecule has 5 heteroatoms. The normalized spacial score (nSPS) is 19.6. The zero-order chi connectivity index (χ0) is 12.4. The fourth-order valence-electron chi connectivity index (χ4n) is 2.06. The molecule has 0 aliphatic carbocycles. The number of rotatable bonds is 3. The summed E-state index contributed by atoms with van der Waals surface area (Å²) in [5.74, 6) is 0. The number of hydrazone groups is 1. The molecule has 1 unspecified atom stereocenters. The van der Waals surface area contributed by atoms with Crippen LogP contribution in [0.15, 0.2) is 23.3 Å². The first kappa shape index (κ1) is 12.7. The highest BCUT2D eigenvalue weighted by Crippen LogP contribution is 2.33. The highest BCUT2D eigenvalue weighted by molar-refractivity contribution is 6.42. The van der Waals surface area contributed by atoms with Crippen LogP contribution in [0.5, 0.6) is 0 Å². The van der Waals surface area contributed by atoms with E-state index in [0.29, 0.717) is 16.6 Å². The lowest BCUT2D eigenvalue weighted by atomic mass is 10.0. The quantitative estimate of drug-likeness (QED) is 0.918. The highest BCUT2D eigenvalue weighted by Gasteiger charge is 2.24. The Bertz CT molecular complexity index is 445. The molecule has 1 heterocycles. The number of hydrogen-bond donors (Lipinski definition) is 1. The van der Waals surface area contributed by atoms with E-state index in [-0.39, 0.29) is 6.04 Å². The first-order valence-electron chi connectivity index (χ1n) is 5.56. The smallest absolute Gasteiger partial charge is 0.0769 e. The van der Waals surface area contributed by atoms with Crippen molar-refractivity contribution < 1.29 is 0 Å². The van der Waals surface area contributed by atoms with Gasteiger partial charge in [-0.2, -0.15) is 5.10 Å². The second-order valence-electron chi connectivity index (χ2n) is 4.17. The molecule has 3 nitrogen and oxygen atoms in total. The average molecular weight is 272 g/mol. The molecular formula is C12H15Cl2N3. The van der Waals surface area contributed by atoms with Crippen molar-refractivity contribution in [3.05, 3.63) is 33.8 Å². The van der Waals surface area contributed by atoms with Crippen LogP contribution in [0.2, 0.25) is 10.0 Å². The van der Waals surface area contributed by atoms with Crippen LogP contribution in [0, 0.1) is 0 Å². The van der Waals surface area contributed by atoms with Crippen molar-refractivity contribution in [3.8, 4) is 0 Å². The molecular weight excluding hydrogens is 257 g/mol. The summed E-state index contributed by atoms with van der Waals surface area (Å²) in [6.45, 7) is 0.640. The van der Waals surface area contributed by atoms with Crippen LogP contribution in [0.4, 0.5) is 0 Å². The summed E-state index contributed by atoms with van der Waals surface area (Å²) in [5, 5.41) is 7.62. The van der Waals surface area contributed by atoms with Gasteiger partial charge in [-0.15, -0.1) is 0 Å². The molecule has 1 atom stereocenters. The van der Waals surface area contributed by atoms with Crippen LogP contribution in [0.25, 0.3) is 0 Å². The second-order valence-corrected chi connectivity index (χ2v) is 4.99. The third-order valence-electron chi connectivity index (χ3n) is 2.94. The Balaban J connectivity index is 2.17. The summed E-state index contributed by atoms with van der Waals surface area (Å²) in [7, 11) is 1.97. The minimum Gasteiger partial charge on any atom is -0.330 e. The van der Waals surface area contributed by atoms with Crippen LogP contribution in [-0.4, -0.2) is 24.3 Å². The Morgan fingerprint density at radius 2 is 2.18 bits per heavy atom. The number of nitrogens with zero attached hydrogens (tertiary/aromatic N) is 2. The van der Waals surface area contributed by atoms with Gasteiger partial charge in [0.15, 0.2) is 0 Å². The maximum absolute atomic E-state index is 6.03. The van der Waals surface area contributed by atoms with E-state index < -0.39 is 0 Å². The summed E-state index contributed by atoms with van der Waals surface area (Å²) >= 11 is 11.9. The Morgan fingerprint density at radius 3 is 2.82 bits per heavy atom. The molecule has 1 aromatic rings. The molecule has 92 valence electrons. The number of hydrogen-bond acceptors (Lipinski definition) is 3. The van der Waals surface area contributed by atoms with Crippen LogP contribution in [-0.2, 0) is 0 Å². The monoisotopic (exact) mass is 271 g/mol. The lowest BCUT2D eigenvalue weighted by molar-refractivity contribution is 0.290. The highest BCUT2D eigenvalue weighted by atomic mass is 35.5. The van der Waals surface area contributed by atoms with Gasteiger partial charge in [-0.1, -0.05) is 29.3 Å². The minimum absolute atomic E-state index is 0.242. The van der Waals surface area contributed by atoms with Gasteiger partial charge in [0, 0.05) is 19.2 Å². The largest absolute Gasteiger partial charge is 0.330 e. The van der Waals surface area contributed by atoms with Gasteiger partial charge < -0.3 is 5.73 Å². The summed E-state index contributed by atoms with van der Waals surface area (Å²) in [4.78, 5) is 0. The molecule has 0 amide bonds. The van der Waals surface area contributed by atoms with E-state index >= 15 is 0 Å². The molecule has 0 aromatic heterocycles. The summed E-state index contributed by atoms with van der Waals surface area (Å²) in [6.07, 6.45) is 1.76. The molecule has 0 radical (unpaired) electrons. The van der Waals surface area contributed by atoms with Gasteiger partial charge in [-0.25, -0.2) is 0 Å². The first-order valence-corrected chi connectivity index (χ1v) is 6.31. The zero-order valence-electron chi connectivity index (χ0n) is 9.66. The molecule has 1 aliphatic rings. The van der Waals surface area contributed by atoms with Gasteiger partial charge in [0.05, 0.1) is 16.1 Å². The van der Waals surface area contributed by atoms with Crippen molar-refractivity contribution in [2.45, 2.75) is 18.9 Å². The fourth-order valence-corrected chi connectivity index (χ4v) is 2.37. The number of benzene rings is 1. The number of nitrogens with two attached hydrogens (primary N) is 1. The SMILES string of the molecule is CN1N=C(CCN)CC1c1ccc(Cl)c(Cl)c1. The van der Waals surface area contributed by atoms with Crippen molar-refractivity contribution >= 4 is 28.9 Å². The molecule has 0 saturated carbocycles. The van der Waals surface area contributed by atoms with Gasteiger partial charge in [0.2, 0.25) is 0 Å². The van der Waals surface area contributed by atoms with Gasteiger partial charge in [-0.3, -0.25) is 5.01 Å². The van der Waals surface area contributed by atoms with E-state index in [0.717, 1.165) is 24.1 Å². The molecule has 0 bridgehead atoms. The maximum atomic E-state index is 6.03. The van der Waals surface area contributed by atoms with Crippen LogP contribution < -0.4 is 5.73 Å². The van der Waals surface area contributed by atoms with Crippen LogP contribution >= 0.6 is 23.2 Å². The Kier molecular flexibility index (Phi) is 3.92. The van der Waals surface area contributed by atoms with E-state index in [1.165, 1.54) is 0 Å². The van der Waals surface area contributed by atoms with E-state index in [9.17, 15) is 0 Å². The lowest BCUT2D eigenvalue weighted by Crippen LogP contribution is -2.14.